The van der Waals surface area contributed by atoms with E-state index in [4.69, 9.17) is 0 Å². The highest BCUT2D eigenvalue weighted by Crippen LogP contribution is 2.20. The van der Waals surface area contributed by atoms with Gasteiger partial charge < -0.3 is 5.11 Å². The fraction of sp³-hybridized carbons (Fsp3) is 0.600. The lowest BCUT2D eigenvalue weighted by atomic mass is 10.1. The van der Waals surface area contributed by atoms with E-state index >= 15 is 0 Å². The van der Waals surface area contributed by atoms with Crippen molar-refractivity contribution in [2.75, 3.05) is 13.2 Å². The monoisotopic (exact) mass is 233 g/mol. The summed E-state index contributed by atoms with van der Waals surface area (Å²) in [4.78, 5) is 2.45. The summed E-state index contributed by atoms with van der Waals surface area (Å²) in [6, 6.07) is 8.92. The van der Waals surface area contributed by atoms with Gasteiger partial charge in [0.25, 0.3) is 0 Å². The standard InChI is InChI=1S/C15H23NO/c1-13-7-4-5-8-14(13)11-16-10-6-2-3-9-15(16)12-17/h4-5,7-8,15,17H,2-3,6,9-12H2,1H3. The third-order valence-electron chi connectivity index (χ3n) is 3.84. The summed E-state index contributed by atoms with van der Waals surface area (Å²) < 4.78 is 0. The molecular formula is C15H23NO. The lowest BCUT2D eigenvalue weighted by Crippen LogP contribution is -2.37. The number of aliphatic hydroxyl groups is 1. The Morgan fingerprint density at radius 3 is 2.82 bits per heavy atom. The lowest BCUT2D eigenvalue weighted by molar-refractivity contribution is 0.118. The largest absolute Gasteiger partial charge is 0.395 e. The van der Waals surface area contributed by atoms with Crippen LogP contribution in [0, 0.1) is 6.92 Å². The zero-order valence-electron chi connectivity index (χ0n) is 10.7. The first-order chi connectivity index (χ1) is 8.31. The molecule has 2 rings (SSSR count). The molecule has 0 radical (unpaired) electrons. The fourth-order valence-corrected chi connectivity index (χ4v) is 2.66. The molecule has 0 aliphatic carbocycles. The van der Waals surface area contributed by atoms with Crippen molar-refractivity contribution in [2.24, 2.45) is 0 Å². The third kappa shape index (κ3) is 3.30. The molecule has 1 aromatic carbocycles. The van der Waals surface area contributed by atoms with E-state index in [2.05, 4.69) is 36.1 Å². The van der Waals surface area contributed by atoms with Crippen molar-refractivity contribution in [1.82, 2.24) is 4.90 Å². The molecule has 1 saturated heterocycles. The molecule has 0 saturated carbocycles. The molecule has 1 N–H and O–H groups in total. The summed E-state index contributed by atoms with van der Waals surface area (Å²) >= 11 is 0. The van der Waals surface area contributed by atoms with Gasteiger partial charge in [0.2, 0.25) is 0 Å². The Kier molecular flexibility index (Phi) is 4.57. The Morgan fingerprint density at radius 1 is 1.24 bits per heavy atom. The first-order valence-corrected chi connectivity index (χ1v) is 6.70. The first kappa shape index (κ1) is 12.6. The average molecular weight is 233 g/mol. The zero-order valence-corrected chi connectivity index (χ0v) is 10.7. The van der Waals surface area contributed by atoms with Gasteiger partial charge in [-0.05, 0) is 37.4 Å². The van der Waals surface area contributed by atoms with E-state index in [1.807, 2.05) is 0 Å². The highest BCUT2D eigenvalue weighted by molar-refractivity contribution is 5.25. The molecule has 2 nitrogen and oxygen atoms in total. The Balaban J connectivity index is 2.07. The van der Waals surface area contributed by atoms with Crippen LogP contribution in [0.4, 0.5) is 0 Å². The van der Waals surface area contributed by atoms with Crippen LogP contribution >= 0.6 is 0 Å². The molecule has 1 aliphatic heterocycles. The molecule has 1 heterocycles. The number of rotatable bonds is 3. The minimum absolute atomic E-state index is 0.298. The molecule has 1 atom stereocenters. The predicted molar refractivity (Wildman–Crippen MR) is 70.9 cm³/mol. The Bertz CT molecular complexity index is 351. The van der Waals surface area contributed by atoms with Gasteiger partial charge in [-0.1, -0.05) is 37.1 Å². The van der Waals surface area contributed by atoms with Gasteiger partial charge in [0, 0.05) is 12.6 Å². The zero-order chi connectivity index (χ0) is 12.1. The van der Waals surface area contributed by atoms with Crippen LogP contribution in [-0.2, 0) is 6.54 Å². The summed E-state index contributed by atoms with van der Waals surface area (Å²) in [6.45, 7) is 4.57. The molecular weight excluding hydrogens is 210 g/mol. The summed E-state index contributed by atoms with van der Waals surface area (Å²) in [5.41, 5.74) is 2.75. The van der Waals surface area contributed by atoms with Gasteiger partial charge in [-0.2, -0.15) is 0 Å². The molecule has 0 spiro atoms. The maximum absolute atomic E-state index is 9.49. The van der Waals surface area contributed by atoms with E-state index in [9.17, 15) is 5.11 Å². The minimum Gasteiger partial charge on any atom is -0.395 e. The maximum Gasteiger partial charge on any atom is 0.0586 e. The van der Waals surface area contributed by atoms with Crippen molar-refractivity contribution in [1.29, 1.82) is 0 Å². The van der Waals surface area contributed by atoms with Crippen molar-refractivity contribution in [3.8, 4) is 0 Å². The number of aliphatic hydroxyl groups excluding tert-OH is 1. The van der Waals surface area contributed by atoms with Crippen LogP contribution in [-0.4, -0.2) is 29.2 Å². The number of hydrogen-bond donors (Lipinski definition) is 1. The Labute approximate surface area is 104 Å². The van der Waals surface area contributed by atoms with Gasteiger partial charge in [0.1, 0.15) is 0 Å². The van der Waals surface area contributed by atoms with Crippen molar-refractivity contribution in [3.05, 3.63) is 35.4 Å². The summed E-state index contributed by atoms with van der Waals surface area (Å²) in [6.07, 6.45) is 4.97. The highest BCUT2D eigenvalue weighted by atomic mass is 16.3. The van der Waals surface area contributed by atoms with Crippen molar-refractivity contribution < 1.29 is 5.11 Å². The summed E-state index contributed by atoms with van der Waals surface area (Å²) in [7, 11) is 0. The van der Waals surface area contributed by atoms with Gasteiger partial charge in [-0.25, -0.2) is 0 Å². The molecule has 1 aliphatic rings. The van der Waals surface area contributed by atoms with Gasteiger partial charge in [0.15, 0.2) is 0 Å². The molecule has 1 fully saturated rings. The average Bonchev–Trinajstić information content (AvgIpc) is 2.57. The summed E-state index contributed by atoms with van der Waals surface area (Å²) in [5, 5.41) is 9.49. The van der Waals surface area contributed by atoms with Crippen LogP contribution in [0.5, 0.6) is 0 Å². The molecule has 94 valence electrons. The molecule has 0 aromatic heterocycles. The van der Waals surface area contributed by atoms with E-state index in [1.165, 1.54) is 30.4 Å². The molecule has 0 amide bonds. The third-order valence-corrected chi connectivity index (χ3v) is 3.84. The molecule has 0 bridgehead atoms. The number of aryl methyl sites for hydroxylation is 1. The lowest BCUT2D eigenvalue weighted by Gasteiger charge is -2.29. The quantitative estimate of drug-likeness (QED) is 0.867. The van der Waals surface area contributed by atoms with Crippen LogP contribution in [0.3, 0.4) is 0 Å². The second kappa shape index (κ2) is 6.18. The smallest absolute Gasteiger partial charge is 0.0586 e. The second-order valence-corrected chi connectivity index (χ2v) is 5.08. The van der Waals surface area contributed by atoms with Crippen LogP contribution in [0.15, 0.2) is 24.3 Å². The van der Waals surface area contributed by atoms with E-state index < -0.39 is 0 Å². The maximum atomic E-state index is 9.49. The number of benzene rings is 1. The molecule has 1 unspecified atom stereocenters. The highest BCUT2D eigenvalue weighted by Gasteiger charge is 2.20. The van der Waals surface area contributed by atoms with Crippen LogP contribution in [0.25, 0.3) is 0 Å². The summed E-state index contributed by atoms with van der Waals surface area (Å²) in [5.74, 6) is 0. The van der Waals surface area contributed by atoms with E-state index in [0.717, 1.165) is 19.5 Å². The number of likely N-dealkylation sites (tertiary alicyclic amines) is 1. The van der Waals surface area contributed by atoms with Crippen molar-refractivity contribution in [3.63, 3.8) is 0 Å². The topological polar surface area (TPSA) is 23.5 Å². The van der Waals surface area contributed by atoms with Gasteiger partial charge in [-0.3, -0.25) is 4.90 Å². The first-order valence-electron chi connectivity index (χ1n) is 6.70. The van der Waals surface area contributed by atoms with Gasteiger partial charge in [-0.15, -0.1) is 0 Å². The predicted octanol–water partition coefficient (Wildman–Crippen LogP) is 2.73. The van der Waals surface area contributed by atoms with E-state index in [1.54, 1.807) is 0 Å². The van der Waals surface area contributed by atoms with Crippen LogP contribution in [0.2, 0.25) is 0 Å². The number of nitrogens with zero attached hydrogens (tertiary/aromatic N) is 1. The molecule has 17 heavy (non-hydrogen) atoms. The Hall–Kier alpha value is -0.860. The SMILES string of the molecule is Cc1ccccc1CN1CCCCCC1CO. The molecule has 1 aromatic rings. The van der Waals surface area contributed by atoms with Crippen molar-refractivity contribution >= 4 is 0 Å². The van der Waals surface area contributed by atoms with E-state index in [-0.39, 0.29) is 0 Å². The normalized spacial score (nSPS) is 22.4. The van der Waals surface area contributed by atoms with Crippen LogP contribution < -0.4 is 0 Å². The Morgan fingerprint density at radius 2 is 2.06 bits per heavy atom. The van der Waals surface area contributed by atoms with Crippen molar-refractivity contribution in [2.45, 2.75) is 45.2 Å². The number of hydrogen-bond acceptors (Lipinski definition) is 2. The van der Waals surface area contributed by atoms with Gasteiger partial charge in [0.05, 0.1) is 6.61 Å². The fourth-order valence-electron chi connectivity index (χ4n) is 2.66. The van der Waals surface area contributed by atoms with Crippen LogP contribution in [0.1, 0.15) is 36.8 Å². The van der Waals surface area contributed by atoms with Gasteiger partial charge >= 0.3 is 0 Å². The minimum atomic E-state index is 0.298. The van der Waals surface area contributed by atoms with E-state index in [0.29, 0.717) is 12.6 Å². The second-order valence-electron chi connectivity index (χ2n) is 5.08. The molecule has 2 heteroatoms.